The van der Waals surface area contributed by atoms with Crippen molar-refractivity contribution in [2.75, 3.05) is 13.6 Å². The number of aryl methyl sites for hydroxylation is 1. The number of rotatable bonds is 9. The maximum Gasteiger partial charge on any atom is 0.303 e. The lowest BCUT2D eigenvalue weighted by Gasteiger charge is -2.16. The summed E-state index contributed by atoms with van der Waals surface area (Å²) >= 11 is 0. The van der Waals surface area contributed by atoms with E-state index in [-0.39, 0.29) is 12.3 Å². The first-order valence-corrected chi connectivity index (χ1v) is 7.34. The van der Waals surface area contributed by atoms with Gasteiger partial charge in [-0.2, -0.15) is 4.98 Å². The molecule has 0 radical (unpaired) electrons. The number of carbonyl (C=O) groups excluding carboxylic acids is 1. The van der Waals surface area contributed by atoms with Gasteiger partial charge in [0, 0.05) is 38.8 Å². The molecule has 21 heavy (non-hydrogen) atoms. The zero-order valence-electron chi connectivity index (χ0n) is 12.2. The van der Waals surface area contributed by atoms with Crippen molar-refractivity contribution in [2.24, 2.45) is 0 Å². The first-order chi connectivity index (χ1) is 10.1. The van der Waals surface area contributed by atoms with Gasteiger partial charge in [-0.1, -0.05) is 5.16 Å². The number of nitrogens with zero attached hydrogens (tertiary/aromatic N) is 3. The van der Waals surface area contributed by atoms with Crippen LogP contribution in [-0.2, 0) is 16.0 Å². The highest BCUT2D eigenvalue weighted by atomic mass is 16.5. The molecular formula is C14H21N3O4. The zero-order valence-corrected chi connectivity index (χ0v) is 12.2. The number of hydrogen-bond donors (Lipinski definition) is 1. The number of carboxylic acid groups (broad SMARTS) is 1. The SMILES string of the molecule is CN(CCCC(=O)O)C(=O)CCCc1nc(C2CC2)no1. The lowest BCUT2D eigenvalue weighted by Crippen LogP contribution is -2.27. The van der Waals surface area contributed by atoms with Crippen LogP contribution >= 0.6 is 0 Å². The van der Waals surface area contributed by atoms with Crippen molar-refractivity contribution in [1.29, 1.82) is 0 Å². The van der Waals surface area contributed by atoms with Crippen molar-refractivity contribution in [2.45, 2.75) is 50.9 Å². The van der Waals surface area contributed by atoms with Crippen LogP contribution in [0.3, 0.4) is 0 Å². The topological polar surface area (TPSA) is 96.5 Å². The normalized spacial score (nSPS) is 14.1. The summed E-state index contributed by atoms with van der Waals surface area (Å²) in [5.74, 6) is 1.05. The van der Waals surface area contributed by atoms with Gasteiger partial charge >= 0.3 is 5.97 Å². The molecule has 0 unspecified atom stereocenters. The number of aliphatic carboxylic acids is 1. The molecule has 7 nitrogen and oxygen atoms in total. The molecule has 116 valence electrons. The Morgan fingerprint density at radius 1 is 1.33 bits per heavy atom. The van der Waals surface area contributed by atoms with Gasteiger partial charge in [-0.15, -0.1) is 0 Å². The van der Waals surface area contributed by atoms with Crippen LogP contribution in [0, 0.1) is 0 Å². The summed E-state index contributed by atoms with van der Waals surface area (Å²) in [6.45, 7) is 0.470. The number of hydrogen-bond acceptors (Lipinski definition) is 5. The second-order valence-electron chi connectivity index (χ2n) is 5.49. The van der Waals surface area contributed by atoms with Gasteiger partial charge in [0.2, 0.25) is 11.8 Å². The minimum atomic E-state index is -0.835. The van der Waals surface area contributed by atoms with Gasteiger partial charge in [0.1, 0.15) is 0 Å². The Balaban J connectivity index is 1.62. The summed E-state index contributed by atoms with van der Waals surface area (Å²) in [5, 5.41) is 12.5. The average molecular weight is 295 g/mol. The second-order valence-corrected chi connectivity index (χ2v) is 5.49. The summed E-state index contributed by atoms with van der Waals surface area (Å²) in [6.07, 6.45) is 4.51. The van der Waals surface area contributed by atoms with Gasteiger partial charge in [-0.25, -0.2) is 0 Å². The molecule has 0 spiro atoms. The van der Waals surface area contributed by atoms with E-state index in [1.54, 1.807) is 11.9 Å². The summed E-state index contributed by atoms with van der Waals surface area (Å²) in [7, 11) is 1.70. The fourth-order valence-corrected chi connectivity index (χ4v) is 2.05. The van der Waals surface area contributed by atoms with Crippen molar-refractivity contribution in [3.8, 4) is 0 Å². The van der Waals surface area contributed by atoms with Crippen molar-refractivity contribution < 1.29 is 19.2 Å². The molecule has 1 N–H and O–H groups in total. The molecule has 0 saturated heterocycles. The summed E-state index contributed by atoms with van der Waals surface area (Å²) in [4.78, 5) is 28.1. The van der Waals surface area contributed by atoms with Crippen molar-refractivity contribution in [3.05, 3.63) is 11.7 Å². The van der Waals surface area contributed by atoms with E-state index < -0.39 is 5.97 Å². The van der Waals surface area contributed by atoms with Gasteiger partial charge in [-0.3, -0.25) is 9.59 Å². The first kappa shape index (κ1) is 15.5. The molecule has 1 fully saturated rings. The quantitative estimate of drug-likeness (QED) is 0.743. The largest absolute Gasteiger partial charge is 0.481 e. The molecule has 0 bridgehead atoms. The molecule has 0 atom stereocenters. The Morgan fingerprint density at radius 2 is 2.10 bits per heavy atom. The lowest BCUT2D eigenvalue weighted by atomic mass is 10.2. The number of carboxylic acids is 1. The average Bonchev–Trinajstić information content (AvgIpc) is 3.18. The van der Waals surface area contributed by atoms with E-state index in [2.05, 4.69) is 10.1 Å². The van der Waals surface area contributed by atoms with Crippen LogP contribution in [0.15, 0.2) is 4.52 Å². The number of amides is 1. The van der Waals surface area contributed by atoms with Crippen molar-refractivity contribution in [1.82, 2.24) is 15.0 Å². The Bertz CT molecular complexity index is 496. The highest BCUT2D eigenvalue weighted by molar-refractivity contribution is 5.75. The monoisotopic (exact) mass is 295 g/mol. The first-order valence-electron chi connectivity index (χ1n) is 7.34. The fourth-order valence-electron chi connectivity index (χ4n) is 2.05. The third-order valence-electron chi connectivity index (χ3n) is 3.52. The Labute approximate surface area is 123 Å². The van der Waals surface area contributed by atoms with E-state index in [0.29, 0.717) is 44.0 Å². The maximum absolute atomic E-state index is 11.8. The Hall–Kier alpha value is -1.92. The van der Waals surface area contributed by atoms with Crippen molar-refractivity contribution >= 4 is 11.9 Å². The summed E-state index contributed by atoms with van der Waals surface area (Å²) in [6, 6.07) is 0. The molecule has 1 aromatic rings. The number of carbonyl (C=O) groups is 2. The smallest absolute Gasteiger partial charge is 0.303 e. The van der Waals surface area contributed by atoms with Crippen molar-refractivity contribution in [3.63, 3.8) is 0 Å². The molecule has 1 heterocycles. The zero-order chi connectivity index (χ0) is 15.2. The maximum atomic E-state index is 11.8. The van der Waals surface area contributed by atoms with Gasteiger partial charge in [0.15, 0.2) is 5.82 Å². The van der Waals surface area contributed by atoms with Crippen LogP contribution in [-0.4, -0.2) is 45.6 Å². The summed E-state index contributed by atoms with van der Waals surface area (Å²) in [5.41, 5.74) is 0. The van der Waals surface area contributed by atoms with Crippen LogP contribution in [0.2, 0.25) is 0 Å². The van der Waals surface area contributed by atoms with E-state index >= 15 is 0 Å². The van der Waals surface area contributed by atoms with Gasteiger partial charge < -0.3 is 14.5 Å². The van der Waals surface area contributed by atoms with E-state index in [1.165, 1.54) is 0 Å². The second kappa shape index (κ2) is 7.19. The number of aromatic nitrogens is 2. The van der Waals surface area contributed by atoms with E-state index in [1.807, 2.05) is 0 Å². The van der Waals surface area contributed by atoms with Crippen LogP contribution < -0.4 is 0 Å². The Morgan fingerprint density at radius 3 is 2.76 bits per heavy atom. The standard InChI is InChI=1S/C14H21N3O4/c1-17(9-3-6-13(19)20)12(18)5-2-4-11-15-14(16-21-11)10-7-8-10/h10H,2-9H2,1H3,(H,19,20). The van der Waals surface area contributed by atoms with Gasteiger partial charge in [0.05, 0.1) is 0 Å². The molecular weight excluding hydrogens is 274 g/mol. The fraction of sp³-hybridized carbons (Fsp3) is 0.714. The highest BCUT2D eigenvalue weighted by Crippen LogP contribution is 2.38. The lowest BCUT2D eigenvalue weighted by molar-refractivity contribution is -0.138. The van der Waals surface area contributed by atoms with Gasteiger partial charge in [-0.05, 0) is 25.7 Å². The molecule has 0 aromatic carbocycles. The predicted octanol–water partition coefficient (Wildman–Crippen LogP) is 1.59. The molecule has 0 aliphatic heterocycles. The van der Waals surface area contributed by atoms with E-state index in [4.69, 9.17) is 9.63 Å². The highest BCUT2D eigenvalue weighted by Gasteiger charge is 2.28. The third-order valence-corrected chi connectivity index (χ3v) is 3.52. The Kier molecular flexibility index (Phi) is 5.30. The van der Waals surface area contributed by atoms with Crippen LogP contribution in [0.5, 0.6) is 0 Å². The molecule has 1 aliphatic rings. The predicted molar refractivity (Wildman–Crippen MR) is 73.7 cm³/mol. The molecule has 1 aliphatic carbocycles. The molecule has 1 aromatic heterocycles. The van der Waals surface area contributed by atoms with Crippen LogP contribution in [0.1, 0.15) is 56.2 Å². The molecule has 7 heteroatoms. The molecule has 1 amide bonds. The minimum Gasteiger partial charge on any atom is -0.481 e. The van der Waals surface area contributed by atoms with E-state index in [9.17, 15) is 9.59 Å². The molecule has 2 rings (SSSR count). The van der Waals surface area contributed by atoms with Crippen LogP contribution in [0.25, 0.3) is 0 Å². The van der Waals surface area contributed by atoms with E-state index in [0.717, 1.165) is 18.7 Å². The molecule has 1 saturated carbocycles. The minimum absolute atomic E-state index is 0.0160. The third kappa shape index (κ3) is 5.17. The summed E-state index contributed by atoms with van der Waals surface area (Å²) < 4.78 is 5.15. The van der Waals surface area contributed by atoms with Gasteiger partial charge in [0.25, 0.3) is 0 Å². The van der Waals surface area contributed by atoms with Crippen LogP contribution in [0.4, 0.5) is 0 Å².